The van der Waals surface area contributed by atoms with Crippen molar-refractivity contribution in [2.45, 2.75) is 24.4 Å². The number of amides is 1. The SMILES string of the molecule is COC[C@H](C)NC(=O)c1cccc(S(=O)(=O)NCc2cccs2)c1. The predicted octanol–water partition coefficient (Wildman–Crippen LogP) is 1.99. The summed E-state index contributed by atoms with van der Waals surface area (Å²) in [5.41, 5.74) is 0.289. The summed E-state index contributed by atoms with van der Waals surface area (Å²) >= 11 is 1.48. The topological polar surface area (TPSA) is 84.5 Å². The highest BCUT2D eigenvalue weighted by Crippen LogP contribution is 2.14. The maximum absolute atomic E-state index is 12.4. The maximum atomic E-state index is 12.4. The van der Waals surface area contributed by atoms with E-state index in [2.05, 4.69) is 10.0 Å². The average molecular weight is 368 g/mol. The number of benzene rings is 1. The third-order valence-corrected chi connectivity index (χ3v) is 5.49. The van der Waals surface area contributed by atoms with Crippen LogP contribution in [0.4, 0.5) is 0 Å². The van der Waals surface area contributed by atoms with E-state index in [9.17, 15) is 13.2 Å². The lowest BCUT2D eigenvalue weighted by atomic mass is 10.2. The van der Waals surface area contributed by atoms with Crippen LogP contribution in [0.5, 0.6) is 0 Å². The van der Waals surface area contributed by atoms with E-state index < -0.39 is 10.0 Å². The van der Waals surface area contributed by atoms with Crippen molar-refractivity contribution < 1.29 is 17.9 Å². The van der Waals surface area contributed by atoms with Gasteiger partial charge in [0, 0.05) is 30.1 Å². The Labute approximate surface area is 145 Å². The number of ether oxygens (including phenoxy) is 1. The maximum Gasteiger partial charge on any atom is 0.251 e. The number of carbonyl (C=O) groups is 1. The fourth-order valence-corrected chi connectivity index (χ4v) is 3.85. The molecule has 0 spiro atoms. The van der Waals surface area contributed by atoms with E-state index >= 15 is 0 Å². The molecule has 1 aromatic carbocycles. The molecule has 1 aromatic heterocycles. The Bertz CT molecular complexity index is 773. The molecule has 0 aliphatic carbocycles. The number of rotatable bonds is 8. The lowest BCUT2D eigenvalue weighted by Crippen LogP contribution is -2.35. The summed E-state index contributed by atoms with van der Waals surface area (Å²) < 4.78 is 32.2. The lowest BCUT2D eigenvalue weighted by Gasteiger charge is -2.13. The van der Waals surface area contributed by atoms with Crippen LogP contribution in [0, 0.1) is 0 Å². The molecule has 0 fully saturated rings. The zero-order valence-corrected chi connectivity index (χ0v) is 15.1. The summed E-state index contributed by atoms with van der Waals surface area (Å²) in [5.74, 6) is -0.338. The summed E-state index contributed by atoms with van der Waals surface area (Å²) in [6.45, 7) is 2.41. The van der Waals surface area contributed by atoms with Gasteiger partial charge in [-0.25, -0.2) is 13.1 Å². The second-order valence-electron chi connectivity index (χ2n) is 5.26. The first kappa shape index (κ1) is 18.6. The Hall–Kier alpha value is -1.74. The molecule has 0 saturated carbocycles. The van der Waals surface area contributed by atoms with Crippen molar-refractivity contribution in [1.82, 2.24) is 10.0 Å². The minimum absolute atomic E-state index is 0.0612. The van der Waals surface area contributed by atoms with E-state index in [-0.39, 0.29) is 29.0 Å². The molecule has 24 heavy (non-hydrogen) atoms. The van der Waals surface area contributed by atoms with Crippen molar-refractivity contribution in [3.8, 4) is 0 Å². The molecule has 2 N–H and O–H groups in total. The molecule has 0 aliphatic heterocycles. The zero-order chi connectivity index (χ0) is 17.6. The summed E-state index contributed by atoms with van der Waals surface area (Å²) in [6, 6.07) is 9.51. The van der Waals surface area contributed by atoms with Gasteiger partial charge in [-0.15, -0.1) is 11.3 Å². The molecule has 0 bridgehead atoms. The summed E-state index contributed by atoms with van der Waals surface area (Å²) in [6.07, 6.45) is 0. The Morgan fingerprint density at radius 2 is 2.08 bits per heavy atom. The van der Waals surface area contributed by atoms with Crippen LogP contribution >= 0.6 is 11.3 Å². The van der Waals surface area contributed by atoms with Gasteiger partial charge >= 0.3 is 0 Å². The van der Waals surface area contributed by atoms with Crippen molar-refractivity contribution in [2.75, 3.05) is 13.7 Å². The van der Waals surface area contributed by atoms with Gasteiger partial charge in [-0.05, 0) is 36.6 Å². The number of carbonyl (C=O) groups excluding carboxylic acids is 1. The van der Waals surface area contributed by atoms with Gasteiger partial charge in [-0.1, -0.05) is 12.1 Å². The van der Waals surface area contributed by atoms with E-state index in [0.29, 0.717) is 6.61 Å². The molecule has 1 atom stereocenters. The number of sulfonamides is 1. The summed E-state index contributed by atoms with van der Waals surface area (Å²) in [4.78, 5) is 13.2. The minimum atomic E-state index is -3.68. The van der Waals surface area contributed by atoms with Crippen LogP contribution in [-0.4, -0.2) is 34.1 Å². The number of methoxy groups -OCH3 is 1. The first-order valence-corrected chi connectivity index (χ1v) is 9.70. The standard InChI is InChI=1S/C16H20N2O4S2/c1-12(11-22-2)18-16(19)13-5-3-7-15(9-13)24(20,21)17-10-14-6-4-8-23-14/h3-9,12,17H,10-11H2,1-2H3,(H,18,19)/t12-/m0/s1. The van der Waals surface area contributed by atoms with E-state index in [1.807, 2.05) is 24.4 Å². The van der Waals surface area contributed by atoms with Gasteiger partial charge in [0.2, 0.25) is 10.0 Å². The molecule has 0 radical (unpaired) electrons. The van der Waals surface area contributed by atoms with Gasteiger partial charge in [-0.2, -0.15) is 0 Å². The molecule has 2 rings (SSSR count). The third kappa shape index (κ3) is 5.13. The van der Waals surface area contributed by atoms with Gasteiger partial charge in [-0.3, -0.25) is 4.79 Å². The van der Waals surface area contributed by atoms with Crippen molar-refractivity contribution in [3.05, 3.63) is 52.2 Å². The molecule has 6 nitrogen and oxygen atoms in total. The highest BCUT2D eigenvalue weighted by atomic mass is 32.2. The highest BCUT2D eigenvalue weighted by molar-refractivity contribution is 7.89. The molecule has 1 heterocycles. The monoisotopic (exact) mass is 368 g/mol. The number of thiophene rings is 1. The van der Waals surface area contributed by atoms with E-state index in [1.165, 1.54) is 23.5 Å². The fourth-order valence-electron chi connectivity index (χ4n) is 2.07. The summed E-state index contributed by atoms with van der Waals surface area (Å²) in [5, 5.41) is 4.64. The number of hydrogen-bond acceptors (Lipinski definition) is 5. The smallest absolute Gasteiger partial charge is 0.251 e. The third-order valence-electron chi connectivity index (χ3n) is 3.22. The molecular formula is C16H20N2O4S2. The van der Waals surface area contributed by atoms with Crippen LogP contribution < -0.4 is 10.0 Å². The van der Waals surface area contributed by atoms with Gasteiger partial charge in [0.25, 0.3) is 5.91 Å². The molecule has 1 amide bonds. The van der Waals surface area contributed by atoms with Gasteiger partial charge in [0.15, 0.2) is 0 Å². The summed E-state index contributed by atoms with van der Waals surface area (Å²) in [7, 11) is -2.13. The lowest BCUT2D eigenvalue weighted by molar-refractivity contribution is 0.0905. The molecule has 0 aliphatic rings. The minimum Gasteiger partial charge on any atom is -0.383 e. The first-order valence-electron chi connectivity index (χ1n) is 7.34. The molecule has 0 unspecified atom stereocenters. The number of nitrogens with one attached hydrogen (secondary N) is 2. The van der Waals surface area contributed by atoms with E-state index in [0.717, 1.165) is 4.88 Å². The van der Waals surface area contributed by atoms with Crippen molar-refractivity contribution in [2.24, 2.45) is 0 Å². The van der Waals surface area contributed by atoms with Gasteiger partial charge in [0.1, 0.15) is 0 Å². The number of hydrogen-bond donors (Lipinski definition) is 2. The predicted molar refractivity (Wildman–Crippen MR) is 93.6 cm³/mol. The quantitative estimate of drug-likeness (QED) is 0.746. The molecule has 0 saturated heterocycles. The van der Waals surface area contributed by atoms with Gasteiger partial charge in [0.05, 0.1) is 11.5 Å². The Balaban J connectivity index is 2.09. The molecular weight excluding hydrogens is 348 g/mol. The molecule has 130 valence electrons. The Kier molecular flexibility index (Phi) is 6.50. The average Bonchev–Trinajstić information content (AvgIpc) is 3.07. The largest absolute Gasteiger partial charge is 0.383 e. The van der Waals surface area contributed by atoms with Crippen molar-refractivity contribution >= 4 is 27.3 Å². The van der Waals surface area contributed by atoms with Crippen molar-refractivity contribution in [3.63, 3.8) is 0 Å². The van der Waals surface area contributed by atoms with E-state index in [1.54, 1.807) is 19.2 Å². The second-order valence-corrected chi connectivity index (χ2v) is 8.06. The molecule has 8 heteroatoms. The van der Waals surface area contributed by atoms with Crippen LogP contribution in [0.25, 0.3) is 0 Å². The van der Waals surface area contributed by atoms with Gasteiger partial charge < -0.3 is 10.1 Å². The van der Waals surface area contributed by atoms with Crippen LogP contribution in [-0.2, 0) is 21.3 Å². The first-order chi connectivity index (χ1) is 11.4. The van der Waals surface area contributed by atoms with Crippen LogP contribution in [0.1, 0.15) is 22.2 Å². The highest BCUT2D eigenvalue weighted by Gasteiger charge is 2.17. The Morgan fingerprint density at radius 3 is 2.75 bits per heavy atom. The zero-order valence-electron chi connectivity index (χ0n) is 13.5. The normalized spacial score (nSPS) is 12.8. The molecule has 2 aromatic rings. The Morgan fingerprint density at radius 1 is 1.29 bits per heavy atom. The van der Waals surface area contributed by atoms with E-state index in [4.69, 9.17) is 4.74 Å². The van der Waals surface area contributed by atoms with Crippen LogP contribution in [0.3, 0.4) is 0 Å². The van der Waals surface area contributed by atoms with Crippen LogP contribution in [0.2, 0.25) is 0 Å². The van der Waals surface area contributed by atoms with Crippen LogP contribution in [0.15, 0.2) is 46.7 Å². The second kappa shape index (κ2) is 8.39. The fraction of sp³-hybridized carbons (Fsp3) is 0.312. The van der Waals surface area contributed by atoms with Crippen molar-refractivity contribution in [1.29, 1.82) is 0 Å².